The molecule has 1 heterocycles. The van der Waals surface area contributed by atoms with Gasteiger partial charge in [-0.1, -0.05) is 0 Å². The summed E-state index contributed by atoms with van der Waals surface area (Å²) >= 11 is 3.28. The van der Waals surface area contributed by atoms with Gasteiger partial charge in [0.05, 0.1) is 10.6 Å². The molecule has 1 aliphatic heterocycles. The van der Waals surface area contributed by atoms with E-state index in [1.807, 2.05) is 0 Å². The first-order chi connectivity index (χ1) is 9.80. The van der Waals surface area contributed by atoms with E-state index in [0.29, 0.717) is 36.1 Å². The molecule has 0 spiro atoms. The molecule has 6 nitrogen and oxygen atoms in total. The van der Waals surface area contributed by atoms with Gasteiger partial charge in [0.2, 0.25) is 15.9 Å². The Morgan fingerprint density at radius 3 is 2.45 bits per heavy atom. The van der Waals surface area contributed by atoms with Crippen molar-refractivity contribution >= 4 is 50.0 Å². The van der Waals surface area contributed by atoms with Crippen LogP contribution in [0, 0.1) is 0 Å². The number of benzene rings is 1. The normalized spacial score (nSPS) is 16.9. The third-order valence-electron chi connectivity index (χ3n) is 3.39. The molecule has 1 aliphatic rings. The summed E-state index contributed by atoms with van der Waals surface area (Å²) in [5, 5.41) is 2.63. The summed E-state index contributed by atoms with van der Waals surface area (Å²) in [6.07, 6.45) is 1.34. The largest absolute Gasteiger partial charge is 0.328 e. The number of amides is 1. The molecule has 124 valence electrons. The van der Waals surface area contributed by atoms with E-state index in [4.69, 9.17) is 5.73 Å². The van der Waals surface area contributed by atoms with Crippen molar-refractivity contribution in [2.24, 2.45) is 5.73 Å². The number of hydrogen-bond donors (Lipinski definition) is 2. The van der Waals surface area contributed by atoms with Crippen molar-refractivity contribution in [1.82, 2.24) is 4.31 Å². The zero-order chi connectivity index (χ0) is 15.6. The Labute approximate surface area is 145 Å². The maximum atomic E-state index is 12.6. The average molecular weight is 413 g/mol. The van der Waals surface area contributed by atoms with Gasteiger partial charge >= 0.3 is 0 Å². The molecule has 0 saturated carbocycles. The van der Waals surface area contributed by atoms with Crippen molar-refractivity contribution in [1.29, 1.82) is 0 Å². The van der Waals surface area contributed by atoms with Crippen LogP contribution in [0.2, 0.25) is 0 Å². The van der Waals surface area contributed by atoms with Gasteiger partial charge in [0.1, 0.15) is 0 Å². The van der Waals surface area contributed by atoms with Crippen molar-refractivity contribution in [2.75, 3.05) is 18.4 Å². The lowest BCUT2D eigenvalue weighted by Crippen LogP contribution is -2.42. The van der Waals surface area contributed by atoms with Crippen LogP contribution in [-0.4, -0.2) is 37.8 Å². The van der Waals surface area contributed by atoms with Gasteiger partial charge in [-0.15, -0.1) is 12.4 Å². The third-order valence-corrected chi connectivity index (χ3v) is 5.94. The number of nitrogens with two attached hydrogens (primary N) is 1. The third kappa shape index (κ3) is 4.42. The van der Waals surface area contributed by atoms with Crippen LogP contribution in [-0.2, 0) is 14.8 Å². The first kappa shape index (κ1) is 19.4. The highest BCUT2D eigenvalue weighted by molar-refractivity contribution is 9.10. The monoisotopic (exact) mass is 411 g/mol. The van der Waals surface area contributed by atoms with E-state index >= 15 is 0 Å². The highest BCUT2D eigenvalue weighted by atomic mass is 79.9. The van der Waals surface area contributed by atoms with Crippen molar-refractivity contribution < 1.29 is 13.2 Å². The van der Waals surface area contributed by atoms with Crippen LogP contribution in [0.1, 0.15) is 19.8 Å². The zero-order valence-electron chi connectivity index (χ0n) is 12.1. The lowest BCUT2D eigenvalue weighted by Gasteiger charge is -2.29. The summed E-state index contributed by atoms with van der Waals surface area (Å²) in [5.41, 5.74) is 6.34. The van der Waals surface area contributed by atoms with E-state index in [-0.39, 0.29) is 29.3 Å². The molecular formula is C13H19BrClN3O3S. The smallest absolute Gasteiger partial charge is 0.243 e. The van der Waals surface area contributed by atoms with Crippen molar-refractivity contribution in [3.63, 3.8) is 0 Å². The van der Waals surface area contributed by atoms with Gasteiger partial charge in [-0.05, 0) is 47.0 Å². The van der Waals surface area contributed by atoms with Gasteiger partial charge in [-0.25, -0.2) is 8.42 Å². The predicted molar refractivity (Wildman–Crippen MR) is 91.7 cm³/mol. The lowest BCUT2D eigenvalue weighted by atomic mass is 10.1. The Morgan fingerprint density at radius 1 is 1.36 bits per heavy atom. The number of piperidine rings is 1. The summed E-state index contributed by atoms with van der Waals surface area (Å²) in [4.78, 5) is 11.3. The van der Waals surface area contributed by atoms with E-state index in [1.165, 1.54) is 23.4 Å². The molecule has 22 heavy (non-hydrogen) atoms. The van der Waals surface area contributed by atoms with E-state index in [9.17, 15) is 13.2 Å². The maximum absolute atomic E-state index is 12.6. The van der Waals surface area contributed by atoms with Crippen LogP contribution in [0.3, 0.4) is 0 Å². The molecule has 0 unspecified atom stereocenters. The van der Waals surface area contributed by atoms with Gasteiger partial charge in [0.15, 0.2) is 0 Å². The van der Waals surface area contributed by atoms with Crippen molar-refractivity contribution in [3.8, 4) is 0 Å². The fourth-order valence-corrected chi connectivity index (χ4v) is 4.34. The Morgan fingerprint density at radius 2 is 1.95 bits per heavy atom. The summed E-state index contributed by atoms with van der Waals surface area (Å²) in [7, 11) is -3.52. The van der Waals surface area contributed by atoms with Gasteiger partial charge in [-0.2, -0.15) is 4.31 Å². The van der Waals surface area contributed by atoms with Gasteiger partial charge in [-0.3, -0.25) is 4.79 Å². The van der Waals surface area contributed by atoms with Crippen LogP contribution >= 0.6 is 28.3 Å². The highest BCUT2D eigenvalue weighted by Gasteiger charge is 2.28. The van der Waals surface area contributed by atoms with E-state index in [1.54, 1.807) is 6.07 Å². The summed E-state index contributed by atoms with van der Waals surface area (Å²) in [5.74, 6) is -0.212. The molecule has 3 N–H and O–H groups in total. The van der Waals surface area contributed by atoms with Crippen LogP contribution < -0.4 is 11.1 Å². The first-order valence-corrected chi connectivity index (χ1v) is 8.87. The lowest BCUT2D eigenvalue weighted by molar-refractivity contribution is -0.114. The highest BCUT2D eigenvalue weighted by Crippen LogP contribution is 2.28. The fraction of sp³-hybridized carbons (Fsp3) is 0.462. The molecule has 1 saturated heterocycles. The van der Waals surface area contributed by atoms with Gasteiger partial charge in [0, 0.05) is 30.5 Å². The Kier molecular flexibility index (Phi) is 6.82. The molecular weight excluding hydrogens is 394 g/mol. The molecule has 0 radical (unpaired) electrons. The topological polar surface area (TPSA) is 92.5 Å². The molecule has 2 rings (SSSR count). The number of sulfonamides is 1. The minimum Gasteiger partial charge on any atom is -0.328 e. The van der Waals surface area contributed by atoms with Crippen molar-refractivity contribution in [3.05, 3.63) is 22.7 Å². The average Bonchev–Trinajstić information content (AvgIpc) is 2.41. The number of halogens is 2. The molecule has 0 aliphatic carbocycles. The second-order valence-corrected chi connectivity index (χ2v) is 7.86. The SMILES string of the molecule is CC(=O)Nc1ccc(S(=O)(=O)N2CCC(N)CC2)cc1Br.Cl. The number of nitrogens with zero attached hydrogens (tertiary/aromatic N) is 1. The molecule has 9 heteroatoms. The second kappa shape index (κ2) is 7.74. The van der Waals surface area contributed by atoms with Crippen LogP contribution in [0.4, 0.5) is 5.69 Å². The quantitative estimate of drug-likeness (QED) is 0.793. The second-order valence-electron chi connectivity index (χ2n) is 5.06. The number of nitrogens with one attached hydrogen (secondary N) is 1. The van der Waals surface area contributed by atoms with Gasteiger partial charge in [0.25, 0.3) is 0 Å². The molecule has 0 bridgehead atoms. The number of carbonyl (C=O) groups is 1. The molecule has 1 amide bonds. The number of rotatable bonds is 3. The first-order valence-electron chi connectivity index (χ1n) is 6.63. The van der Waals surface area contributed by atoms with Crippen molar-refractivity contribution in [2.45, 2.75) is 30.7 Å². The Bertz CT molecular complexity index is 646. The molecule has 0 aromatic heterocycles. The molecule has 1 fully saturated rings. The van der Waals surface area contributed by atoms with E-state index in [2.05, 4.69) is 21.2 Å². The fourth-order valence-electron chi connectivity index (χ4n) is 2.21. The minimum absolute atomic E-state index is 0. The summed E-state index contributed by atoms with van der Waals surface area (Å²) < 4.78 is 27.1. The number of anilines is 1. The van der Waals surface area contributed by atoms with Crippen LogP contribution in [0.25, 0.3) is 0 Å². The molecule has 1 aromatic rings. The number of hydrogen-bond acceptors (Lipinski definition) is 4. The maximum Gasteiger partial charge on any atom is 0.243 e. The number of carbonyl (C=O) groups excluding carboxylic acids is 1. The van der Waals surface area contributed by atoms with Gasteiger partial charge < -0.3 is 11.1 Å². The molecule has 0 atom stereocenters. The van der Waals surface area contributed by atoms with Crippen LogP contribution in [0.15, 0.2) is 27.6 Å². The molecule has 1 aromatic carbocycles. The van der Waals surface area contributed by atoms with Crippen LogP contribution in [0.5, 0.6) is 0 Å². The summed E-state index contributed by atoms with van der Waals surface area (Å²) in [6.45, 7) is 2.27. The Balaban J connectivity index is 0.00000242. The predicted octanol–water partition coefficient (Wildman–Crippen LogP) is 1.94. The zero-order valence-corrected chi connectivity index (χ0v) is 15.3. The minimum atomic E-state index is -3.52. The Hall–Kier alpha value is -0.670. The van der Waals surface area contributed by atoms with E-state index in [0.717, 1.165) is 0 Å². The van der Waals surface area contributed by atoms with E-state index < -0.39 is 10.0 Å². The standard InChI is InChI=1S/C13H18BrN3O3S.ClH/c1-9(18)16-13-3-2-11(8-12(13)14)21(19,20)17-6-4-10(15)5-7-17;/h2-3,8,10H,4-7,15H2,1H3,(H,16,18);1H. The summed E-state index contributed by atoms with van der Waals surface area (Å²) in [6, 6.07) is 4.66.